The Morgan fingerprint density at radius 1 is 1.13 bits per heavy atom. The molecule has 0 unspecified atom stereocenters. The second-order valence-corrected chi connectivity index (χ2v) is 5.54. The smallest absolute Gasteiger partial charge is 0.258 e. The summed E-state index contributed by atoms with van der Waals surface area (Å²) in [6.07, 6.45) is 1.80. The zero-order valence-electron chi connectivity index (χ0n) is 12.1. The van der Waals surface area contributed by atoms with E-state index in [0.29, 0.717) is 17.3 Å². The average molecular weight is 327 g/mol. The number of phenols is 1. The summed E-state index contributed by atoms with van der Waals surface area (Å²) in [7, 11) is 1.88. The third kappa shape index (κ3) is 2.33. The van der Waals surface area contributed by atoms with Gasteiger partial charge in [-0.2, -0.15) is 10.1 Å². The third-order valence-corrected chi connectivity index (χ3v) is 3.95. The van der Waals surface area contributed by atoms with Crippen LogP contribution in [0.4, 0.5) is 0 Å². The maximum atomic E-state index is 9.68. The summed E-state index contributed by atoms with van der Waals surface area (Å²) in [5.41, 5.74) is 2.42. The molecule has 0 aliphatic heterocycles. The topological polar surface area (TPSA) is 77.0 Å². The van der Waals surface area contributed by atoms with Gasteiger partial charge in [-0.25, -0.2) is 0 Å². The Labute approximate surface area is 135 Å². The molecule has 114 valence electrons. The summed E-state index contributed by atoms with van der Waals surface area (Å²) in [5.74, 6) is 0.759. The van der Waals surface area contributed by atoms with E-state index in [4.69, 9.17) is 16.1 Å². The van der Waals surface area contributed by atoms with Crippen molar-refractivity contribution < 1.29 is 9.63 Å². The van der Waals surface area contributed by atoms with Crippen LogP contribution in [-0.4, -0.2) is 25.0 Å². The molecule has 0 saturated carbocycles. The highest BCUT2D eigenvalue weighted by Gasteiger charge is 2.13. The van der Waals surface area contributed by atoms with Gasteiger partial charge in [0.25, 0.3) is 5.89 Å². The molecule has 0 aliphatic carbocycles. The van der Waals surface area contributed by atoms with Crippen molar-refractivity contribution >= 4 is 22.5 Å². The zero-order chi connectivity index (χ0) is 16.0. The molecule has 23 heavy (non-hydrogen) atoms. The summed E-state index contributed by atoms with van der Waals surface area (Å²) >= 11 is 5.80. The lowest BCUT2D eigenvalue weighted by atomic mass is 10.1. The number of benzene rings is 2. The Morgan fingerprint density at radius 3 is 2.78 bits per heavy atom. The van der Waals surface area contributed by atoms with Crippen molar-refractivity contribution in [2.75, 3.05) is 0 Å². The molecular weight excluding hydrogens is 316 g/mol. The van der Waals surface area contributed by atoms with Crippen LogP contribution in [0.25, 0.3) is 33.7 Å². The second kappa shape index (κ2) is 5.10. The standard InChI is InChI=1S/C16H11ClN4O2/c1-21-13-6-9(2-3-11(13)8-18-21)15-19-16(23-20-15)10-4-5-12(17)14(22)7-10/h2-8,22H,1H3. The highest BCUT2D eigenvalue weighted by atomic mass is 35.5. The van der Waals surface area contributed by atoms with E-state index in [9.17, 15) is 5.11 Å². The molecule has 6 nitrogen and oxygen atoms in total. The predicted octanol–water partition coefficient (Wildman–Crippen LogP) is 3.65. The lowest BCUT2D eigenvalue weighted by Crippen LogP contribution is -1.89. The molecule has 0 fully saturated rings. The Balaban J connectivity index is 1.76. The van der Waals surface area contributed by atoms with E-state index in [1.165, 1.54) is 6.07 Å². The first-order chi connectivity index (χ1) is 11.1. The number of hydrogen-bond acceptors (Lipinski definition) is 5. The quantitative estimate of drug-likeness (QED) is 0.608. The number of hydrogen-bond donors (Lipinski definition) is 1. The number of fused-ring (bicyclic) bond motifs is 1. The molecule has 7 heteroatoms. The number of aromatic hydroxyl groups is 1. The Hall–Kier alpha value is -2.86. The van der Waals surface area contributed by atoms with E-state index in [0.717, 1.165) is 16.5 Å². The SMILES string of the molecule is Cn1ncc2ccc(-c3noc(-c4ccc(Cl)c(O)c4)n3)cc21. The summed E-state index contributed by atoms with van der Waals surface area (Å²) in [6, 6.07) is 10.6. The van der Waals surface area contributed by atoms with Gasteiger partial charge in [0, 0.05) is 23.6 Å². The average Bonchev–Trinajstić information content (AvgIpc) is 3.17. The maximum Gasteiger partial charge on any atom is 0.258 e. The van der Waals surface area contributed by atoms with E-state index in [2.05, 4.69) is 15.2 Å². The van der Waals surface area contributed by atoms with Crippen LogP contribution >= 0.6 is 11.6 Å². The molecule has 0 radical (unpaired) electrons. The molecule has 4 aromatic rings. The Bertz CT molecular complexity index is 1020. The molecular formula is C16H11ClN4O2. The van der Waals surface area contributed by atoms with Crippen molar-refractivity contribution in [1.82, 2.24) is 19.9 Å². The molecule has 2 aromatic carbocycles. The van der Waals surface area contributed by atoms with Crippen molar-refractivity contribution in [2.24, 2.45) is 7.05 Å². The van der Waals surface area contributed by atoms with Gasteiger partial charge in [-0.15, -0.1) is 0 Å². The van der Waals surface area contributed by atoms with E-state index in [1.54, 1.807) is 23.0 Å². The maximum absolute atomic E-state index is 9.68. The van der Waals surface area contributed by atoms with Gasteiger partial charge < -0.3 is 9.63 Å². The lowest BCUT2D eigenvalue weighted by molar-refractivity contribution is 0.431. The molecule has 0 spiro atoms. The predicted molar refractivity (Wildman–Crippen MR) is 86.1 cm³/mol. The molecule has 2 heterocycles. The Morgan fingerprint density at radius 2 is 1.96 bits per heavy atom. The van der Waals surface area contributed by atoms with Gasteiger partial charge in [-0.1, -0.05) is 28.9 Å². The number of halogens is 1. The largest absolute Gasteiger partial charge is 0.506 e. The van der Waals surface area contributed by atoms with Gasteiger partial charge in [0.15, 0.2) is 0 Å². The van der Waals surface area contributed by atoms with Crippen LogP contribution in [0.3, 0.4) is 0 Å². The van der Waals surface area contributed by atoms with Crippen LogP contribution in [0, 0.1) is 0 Å². The van der Waals surface area contributed by atoms with Crippen LogP contribution < -0.4 is 0 Å². The fourth-order valence-electron chi connectivity index (χ4n) is 2.39. The van der Waals surface area contributed by atoms with Crippen LogP contribution in [0.15, 0.2) is 47.1 Å². The van der Waals surface area contributed by atoms with Crippen LogP contribution in [-0.2, 0) is 7.05 Å². The minimum absolute atomic E-state index is 0.0276. The molecule has 0 atom stereocenters. The van der Waals surface area contributed by atoms with Gasteiger partial charge in [0.05, 0.1) is 16.7 Å². The number of aryl methyl sites for hydroxylation is 1. The first-order valence-corrected chi connectivity index (χ1v) is 7.24. The zero-order valence-corrected chi connectivity index (χ0v) is 12.8. The Kier molecular flexibility index (Phi) is 3.06. The summed E-state index contributed by atoms with van der Waals surface area (Å²) in [5, 5.41) is 19.2. The molecule has 1 N–H and O–H groups in total. The van der Waals surface area contributed by atoms with E-state index < -0.39 is 0 Å². The number of phenolic OH excluding ortho intramolecular Hbond substituents is 1. The summed E-state index contributed by atoms with van der Waals surface area (Å²) in [4.78, 5) is 4.38. The monoisotopic (exact) mass is 326 g/mol. The summed E-state index contributed by atoms with van der Waals surface area (Å²) in [6.45, 7) is 0. The normalized spacial score (nSPS) is 11.2. The van der Waals surface area contributed by atoms with Crippen molar-refractivity contribution in [3.05, 3.63) is 47.6 Å². The van der Waals surface area contributed by atoms with Crippen molar-refractivity contribution in [2.45, 2.75) is 0 Å². The minimum Gasteiger partial charge on any atom is -0.506 e. The van der Waals surface area contributed by atoms with Gasteiger partial charge in [0.1, 0.15) is 5.75 Å². The van der Waals surface area contributed by atoms with Gasteiger partial charge >= 0.3 is 0 Å². The van der Waals surface area contributed by atoms with Crippen LogP contribution in [0.5, 0.6) is 5.75 Å². The third-order valence-electron chi connectivity index (χ3n) is 3.63. The minimum atomic E-state index is -0.0276. The lowest BCUT2D eigenvalue weighted by Gasteiger charge is -1.98. The highest BCUT2D eigenvalue weighted by Crippen LogP contribution is 2.30. The van der Waals surface area contributed by atoms with E-state index in [-0.39, 0.29) is 10.8 Å². The molecule has 0 aliphatic rings. The molecule has 0 amide bonds. The molecule has 4 rings (SSSR count). The van der Waals surface area contributed by atoms with E-state index >= 15 is 0 Å². The van der Waals surface area contributed by atoms with Gasteiger partial charge in [-0.05, 0) is 24.3 Å². The second-order valence-electron chi connectivity index (χ2n) is 5.13. The van der Waals surface area contributed by atoms with Crippen molar-refractivity contribution in [1.29, 1.82) is 0 Å². The fourth-order valence-corrected chi connectivity index (χ4v) is 2.50. The van der Waals surface area contributed by atoms with Gasteiger partial charge in [-0.3, -0.25) is 4.68 Å². The van der Waals surface area contributed by atoms with Crippen molar-refractivity contribution in [3.63, 3.8) is 0 Å². The van der Waals surface area contributed by atoms with Gasteiger partial charge in [0.2, 0.25) is 5.82 Å². The van der Waals surface area contributed by atoms with E-state index in [1.807, 2.05) is 25.2 Å². The summed E-state index contributed by atoms with van der Waals surface area (Å²) < 4.78 is 7.07. The van der Waals surface area contributed by atoms with Crippen molar-refractivity contribution in [3.8, 4) is 28.6 Å². The molecule has 0 bridgehead atoms. The number of nitrogens with zero attached hydrogens (tertiary/aromatic N) is 4. The number of rotatable bonds is 2. The first-order valence-electron chi connectivity index (χ1n) is 6.86. The van der Waals surface area contributed by atoms with Crippen LogP contribution in [0.2, 0.25) is 5.02 Å². The van der Waals surface area contributed by atoms with Crippen LogP contribution in [0.1, 0.15) is 0 Å². The molecule has 2 aromatic heterocycles. The fraction of sp³-hybridized carbons (Fsp3) is 0.0625. The highest BCUT2D eigenvalue weighted by molar-refractivity contribution is 6.32. The first kappa shape index (κ1) is 13.8. The molecule has 0 saturated heterocycles. The number of aromatic nitrogens is 4.